The maximum absolute atomic E-state index is 13.6. The molecule has 2 aliphatic rings. The minimum Gasteiger partial charge on any atom is -0.493 e. The molecule has 0 spiro atoms. The summed E-state index contributed by atoms with van der Waals surface area (Å²) in [5.41, 5.74) is -0.308. The quantitative estimate of drug-likeness (QED) is 0.541. The molecule has 0 radical (unpaired) electrons. The minimum absolute atomic E-state index is 0.0740. The van der Waals surface area contributed by atoms with E-state index in [2.05, 4.69) is 10.6 Å². The molecule has 2 aromatic rings. The van der Waals surface area contributed by atoms with Crippen molar-refractivity contribution in [2.24, 2.45) is 0 Å². The Morgan fingerprint density at radius 1 is 1.11 bits per heavy atom. The smallest absolute Gasteiger partial charge is 0.264 e. The highest BCUT2D eigenvalue weighted by molar-refractivity contribution is 5.99. The van der Waals surface area contributed by atoms with E-state index in [9.17, 15) is 14.4 Å². The van der Waals surface area contributed by atoms with Crippen LogP contribution in [0.2, 0.25) is 0 Å². The van der Waals surface area contributed by atoms with Crippen molar-refractivity contribution in [3.8, 4) is 11.5 Å². The lowest BCUT2D eigenvalue weighted by Gasteiger charge is -2.34. The Labute approximate surface area is 204 Å². The molecule has 190 valence electrons. The summed E-state index contributed by atoms with van der Waals surface area (Å²) in [6, 6.07) is 5.27. The molecule has 2 heterocycles. The standard InChI is InChI=1S/C26H35N3O6/c1-34-20-10-9-18-15-19(25(33)29-13-7-4-8-14-35-23(20)22(18)29)24(32)28-26(17-27-21(31)16-30)11-5-2-3-6-12-26/h9-10,15,30H,2-8,11-14,16-17H2,1H3,(H,27,31)(H,28,32). The van der Waals surface area contributed by atoms with Crippen molar-refractivity contribution in [2.75, 3.05) is 26.9 Å². The zero-order valence-corrected chi connectivity index (χ0v) is 20.4. The van der Waals surface area contributed by atoms with Gasteiger partial charge in [-0.15, -0.1) is 0 Å². The zero-order valence-electron chi connectivity index (χ0n) is 20.4. The van der Waals surface area contributed by atoms with Crippen molar-refractivity contribution in [3.63, 3.8) is 0 Å². The van der Waals surface area contributed by atoms with Crippen LogP contribution in [0.5, 0.6) is 11.5 Å². The second-order valence-electron chi connectivity index (χ2n) is 9.54. The first-order chi connectivity index (χ1) is 17.0. The average molecular weight is 486 g/mol. The number of carbonyl (C=O) groups excluding carboxylic acids is 2. The van der Waals surface area contributed by atoms with Crippen LogP contribution in [-0.4, -0.2) is 53.9 Å². The van der Waals surface area contributed by atoms with Gasteiger partial charge in [0.25, 0.3) is 11.5 Å². The van der Waals surface area contributed by atoms with E-state index in [0.717, 1.165) is 50.3 Å². The van der Waals surface area contributed by atoms with Gasteiger partial charge in [0, 0.05) is 18.5 Å². The molecule has 2 amide bonds. The summed E-state index contributed by atoms with van der Waals surface area (Å²) in [6.07, 6.45) is 7.92. The molecule has 1 aliphatic carbocycles. The lowest BCUT2D eigenvalue weighted by atomic mass is 9.89. The van der Waals surface area contributed by atoms with Crippen molar-refractivity contribution in [1.29, 1.82) is 0 Å². The van der Waals surface area contributed by atoms with Gasteiger partial charge in [-0.2, -0.15) is 0 Å². The summed E-state index contributed by atoms with van der Waals surface area (Å²) in [6.45, 7) is 0.633. The van der Waals surface area contributed by atoms with Crippen molar-refractivity contribution in [1.82, 2.24) is 15.2 Å². The number of carbonyl (C=O) groups is 2. The first kappa shape index (κ1) is 25.0. The minimum atomic E-state index is -0.665. The van der Waals surface area contributed by atoms with Gasteiger partial charge in [0.1, 0.15) is 12.2 Å². The molecule has 1 fully saturated rings. The Balaban J connectivity index is 1.74. The third kappa shape index (κ3) is 5.45. The van der Waals surface area contributed by atoms with Crippen LogP contribution >= 0.6 is 0 Å². The molecular weight excluding hydrogens is 450 g/mol. The third-order valence-electron chi connectivity index (χ3n) is 7.12. The number of aliphatic hydroxyl groups excluding tert-OH is 1. The summed E-state index contributed by atoms with van der Waals surface area (Å²) in [5.74, 6) is 0.159. The van der Waals surface area contributed by atoms with E-state index in [0.29, 0.717) is 43.0 Å². The Morgan fingerprint density at radius 3 is 2.57 bits per heavy atom. The number of ether oxygens (including phenoxy) is 2. The van der Waals surface area contributed by atoms with Crippen molar-refractivity contribution < 1.29 is 24.2 Å². The van der Waals surface area contributed by atoms with Crippen LogP contribution in [0.15, 0.2) is 23.0 Å². The summed E-state index contributed by atoms with van der Waals surface area (Å²) in [4.78, 5) is 39.0. The molecule has 3 N–H and O–H groups in total. The monoisotopic (exact) mass is 485 g/mol. The van der Waals surface area contributed by atoms with Gasteiger partial charge in [-0.05, 0) is 50.3 Å². The zero-order chi connectivity index (χ0) is 24.8. The van der Waals surface area contributed by atoms with Crippen LogP contribution in [0.1, 0.15) is 68.1 Å². The first-order valence-electron chi connectivity index (χ1n) is 12.6. The Hall–Kier alpha value is -3.07. The molecule has 1 saturated carbocycles. The summed E-state index contributed by atoms with van der Waals surface area (Å²) in [5, 5.41) is 15.7. The Morgan fingerprint density at radius 2 is 1.86 bits per heavy atom. The fourth-order valence-electron chi connectivity index (χ4n) is 5.21. The van der Waals surface area contributed by atoms with Gasteiger partial charge in [0.15, 0.2) is 11.5 Å². The maximum atomic E-state index is 13.6. The molecule has 4 rings (SSSR count). The number of methoxy groups -OCH3 is 1. The fourth-order valence-corrected chi connectivity index (χ4v) is 5.21. The van der Waals surface area contributed by atoms with Gasteiger partial charge in [0.2, 0.25) is 5.91 Å². The molecule has 9 nitrogen and oxygen atoms in total. The number of pyridine rings is 1. The molecule has 9 heteroatoms. The van der Waals surface area contributed by atoms with Gasteiger partial charge in [0.05, 0.1) is 24.8 Å². The summed E-state index contributed by atoms with van der Waals surface area (Å²) in [7, 11) is 1.57. The van der Waals surface area contributed by atoms with Gasteiger partial charge in [-0.1, -0.05) is 25.7 Å². The number of aromatic nitrogens is 1. The maximum Gasteiger partial charge on any atom is 0.264 e. The predicted molar refractivity (Wildman–Crippen MR) is 132 cm³/mol. The van der Waals surface area contributed by atoms with E-state index < -0.39 is 24.0 Å². The fraction of sp³-hybridized carbons (Fsp3) is 0.577. The van der Waals surface area contributed by atoms with Gasteiger partial charge in [-0.3, -0.25) is 14.4 Å². The Kier molecular flexibility index (Phi) is 7.95. The van der Waals surface area contributed by atoms with Crippen LogP contribution in [0.3, 0.4) is 0 Å². The second kappa shape index (κ2) is 11.1. The number of amides is 2. The number of rotatable bonds is 6. The van der Waals surface area contributed by atoms with E-state index in [1.165, 1.54) is 0 Å². The molecule has 35 heavy (non-hydrogen) atoms. The summed E-state index contributed by atoms with van der Waals surface area (Å²) < 4.78 is 13.2. The number of aliphatic hydroxyl groups is 1. The molecular formula is C26H35N3O6. The van der Waals surface area contributed by atoms with E-state index in [-0.39, 0.29) is 17.7 Å². The van der Waals surface area contributed by atoms with E-state index >= 15 is 0 Å². The summed E-state index contributed by atoms with van der Waals surface area (Å²) >= 11 is 0. The molecule has 1 aromatic carbocycles. The number of nitrogens with one attached hydrogen (secondary N) is 2. The molecule has 1 aliphatic heterocycles. The predicted octanol–water partition coefficient (Wildman–Crippen LogP) is 2.50. The number of nitrogens with zero attached hydrogens (tertiary/aromatic N) is 1. The number of aryl methyl sites for hydroxylation is 1. The van der Waals surface area contributed by atoms with Gasteiger partial charge in [-0.25, -0.2) is 0 Å². The van der Waals surface area contributed by atoms with E-state index in [1.807, 2.05) is 6.07 Å². The number of hydrogen-bond donors (Lipinski definition) is 3. The van der Waals surface area contributed by atoms with Crippen LogP contribution < -0.4 is 25.7 Å². The highest BCUT2D eigenvalue weighted by atomic mass is 16.5. The molecule has 0 saturated heterocycles. The lowest BCUT2D eigenvalue weighted by molar-refractivity contribution is -0.124. The largest absolute Gasteiger partial charge is 0.493 e. The second-order valence-corrected chi connectivity index (χ2v) is 9.54. The van der Waals surface area contributed by atoms with E-state index in [1.54, 1.807) is 23.8 Å². The molecule has 1 aromatic heterocycles. The van der Waals surface area contributed by atoms with Crippen LogP contribution in [0.4, 0.5) is 0 Å². The Bertz CT molecular complexity index is 1130. The molecule has 0 bridgehead atoms. The van der Waals surface area contributed by atoms with Crippen molar-refractivity contribution in [3.05, 3.63) is 34.1 Å². The number of benzene rings is 1. The van der Waals surface area contributed by atoms with Crippen LogP contribution in [-0.2, 0) is 11.3 Å². The topological polar surface area (TPSA) is 119 Å². The van der Waals surface area contributed by atoms with Crippen LogP contribution in [0.25, 0.3) is 10.9 Å². The first-order valence-corrected chi connectivity index (χ1v) is 12.6. The van der Waals surface area contributed by atoms with Gasteiger partial charge >= 0.3 is 0 Å². The highest BCUT2D eigenvalue weighted by Crippen LogP contribution is 2.36. The third-order valence-corrected chi connectivity index (χ3v) is 7.12. The highest BCUT2D eigenvalue weighted by Gasteiger charge is 2.34. The lowest BCUT2D eigenvalue weighted by Crippen LogP contribution is -2.56. The van der Waals surface area contributed by atoms with Crippen molar-refractivity contribution >= 4 is 22.7 Å². The normalized spacial score (nSPS) is 17.8. The number of hydrogen-bond acceptors (Lipinski definition) is 6. The SMILES string of the molecule is COc1ccc2cc(C(=O)NC3(CNC(=O)CO)CCCCCC3)c(=O)n3c2c1OCCCCC3. The molecule has 0 unspecified atom stereocenters. The average Bonchev–Trinajstić information content (AvgIpc) is 3.03. The van der Waals surface area contributed by atoms with E-state index in [4.69, 9.17) is 14.6 Å². The van der Waals surface area contributed by atoms with Gasteiger partial charge < -0.3 is 29.8 Å². The molecule has 0 atom stereocenters. The van der Waals surface area contributed by atoms with Crippen LogP contribution in [0, 0.1) is 0 Å². The van der Waals surface area contributed by atoms with Crippen molar-refractivity contribution in [2.45, 2.75) is 69.9 Å².